The van der Waals surface area contributed by atoms with Crippen LogP contribution in [0.3, 0.4) is 0 Å². The number of halogens is 3. The molecule has 0 saturated heterocycles. The third-order valence-corrected chi connectivity index (χ3v) is 8.88. The lowest BCUT2D eigenvalue weighted by Crippen LogP contribution is -2.67. The van der Waals surface area contributed by atoms with E-state index in [0.717, 1.165) is 29.0 Å². The Kier molecular flexibility index (Phi) is 5.23. The summed E-state index contributed by atoms with van der Waals surface area (Å²) in [5.74, 6) is 0. The van der Waals surface area contributed by atoms with Gasteiger partial charge in [0.15, 0.2) is 0 Å². The summed E-state index contributed by atoms with van der Waals surface area (Å²) in [7, 11) is -3.01. The third-order valence-electron chi connectivity index (χ3n) is 3.79. The lowest BCUT2D eigenvalue weighted by atomic mass is 10.3. The minimum Gasteiger partial charge on any atom is -0.421 e. The molecular weight excluding hydrogens is 500 g/mol. The molecule has 3 aromatic rings. The molecule has 0 aliphatic carbocycles. The SMILES string of the molecule is O[Si](c1ccc(Br)cc1)(c1ccc(Br)cc1)c1ccc(Br)cc1. The fraction of sp³-hybridized carbons (Fsp3) is 0. The summed E-state index contributed by atoms with van der Waals surface area (Å²) in [4.78, 5) is 11.8. The Bertz CT molecular complexity index is 688. The van der Waals surface area contributed by atoms with Gasteiger partial charge in [-0.25, -0.2) is 0 Å². The van der Waals surface area contributed by atoms with Crippen LogP contribution in [0.2, 0.25) is 0 Å². The molecule has 0 amide bonds. The Morgan fingerprint density at radius 1 is 0.478 bits per heavy atom. The zero-order valence-electron chi connectivity index (χ0n) is 12.0. The van der Waals surface area contributed by atoms with E-state index in [1.54, 1.807) is 0 Å². The molecule has 3 rings (SSSR count). The van der Waals surface area contributed by atoms with Gasteiger partial charge in [-0.2, -0.15) is 0 Å². The van der Waals surface area contributed by atoms with Gasteiger partial charge in [-0.05, 0) is 52.0 Å². The van der Waals surface area contributed by atoms with Gasteiger partial charge in [-0.3, -0.25) is 0 Å². The van der Waals surface area contributed by atoms with E-state index in [4.69, 9.17) is 0 Å². The maximum Gasteiger partial charge on any atom is 0.285 e. The molecular formula is C18H13Br3OSi. The van der Waals surface area contributed by atoms with Gasteiger partial charge >= 0.3 is 0 Å². The summed E-state index contributed by atoms with van der Waals surface area (Å²) in [6.45, 7) is 0. The minimum atomic E-state index is -3.01. The van der Waals surface area contributed by atoms with Crippen molar-refractivity contribution >= 4 is 71.7 Å². The van der Waals surface area contributed by atoms with Crippen molar-refractivity contribution in [2.75, 3.05) is 0 Å². The van der Waals surface area contributed by atoms with Crippen LogP contribution in [-0.4, -0.2) is 13.1 Å². The molecule has 23 heavy (non-hydrogen) atoms. The smallest absolute Gasteiger partial charge is 0.285 e. The first-order valence-corrected chi connectivity index (χ1v) is 11.3. The summed E-state index contributed by atoms with van der Waals surface area (Å²) in [6, 6.07) is 23.9. The zero-order valence-corrected chi connectivity index (χ0v) is 17.8. The summed E-state index contributed by atoms with van der Waals surface area (Å²) in [6.07, 6.45) is 0. The Morgan fingerprint density at radius 2 is 0.696 bits per heavy atom. The number of hydrogen-bond donors (Lipinski definition) is 1. The minimum absolute atomic E-state index is 0.963. The van der Waals surface area contributed by atoms with Crippen molar-refractivity contribution in [3.8, 4) is 0 Å². The molecule has 0 bridgehead atoms. The molecule has 0 heterocycles. The van der Waals surface area contributed by atoms with Crippen LogP contribution in [-0.2, 0) is 0 Å². The van der Waals surface area contributed by atoms with Crippen molar-refractivity contribution < 1.29 is 4.80 Å². The molecule has 0 atom stereocenters. The first kappa shape index (κ1) is 17.1. The first-order valence-electron chi connectivity index (χ1n) is 7.00. The van der Waals surface area contributed by atoms with Gasteiger partial charge in [0.2, 0.25) is 0 Å². The fourth-order valence-corrected chi connectivity index (χ4v) is 6.31. The second-order valence-corrected chi connectivity index (χ2v) is 11.1. The largest absolute Gasteiger partial charge is 0.421 e. The number of benzene rings is 3. The highest BCUT2D eigenvalue weighted by atomic mass is 79.9. The van der Waals surface area contributed by atoms with Gasteiger partial charge in [0.1, 0.15) is 0 Å². The van der Waals surface area contributed by atoms with E-state index >= 15 is 0 Å². The van der Waals surface area contributed by atoms with Crippen LogP contribution in [0.25, 0.3) is 0 Å². The fourth-order valence-electron chi connectivity index (χ4n) is 2.57. The molecule has 1 nitrogen and oxygen atoms in total. The predicted octanol–water partition coefficient (Wildman–Crippen LogP) is 3.93. The molecule has 5 heteroatoms. The highest BCUT2D eigenvalue weighted by Crippen LogP contribution is 2.13. The van der Waals surface area contributed by atoms with Crippen LogP contribution in [0.5, 0.6) is 0 Å². The molecule has 1 N–H and O–H groups in total. The van der Waals surface area contributed by atoms with Crippen LogP contribution in [0.1, 0.15) is 0 Å². The van der Waals surface area contributed by atoms with E-state index in [1.807, 2.05) is 72.8 Å². The molecule has 0 saturated carbocycles. The second-order valence-electron chi connectivity index (χ2n) is 5.23. The molecule has 116 valence electrons. The van der Waals surface area contributed by atoms with Gasteiger partial charge in [0, 0.05) is 13.4 Å². The summed E-state index contributed by atoms with van der Waals surface area (Å²) in [5, 5.41) is 2.89. The number of hydrogen-bond acceptors (Lipinski definition) is 1. The molecule has 0 unspecified atom stereocenters. The van der Waals surface area contributed by atoms with Crippen molar-refractivity contribution in [1.29, 1.82) is 0 Å². The van der Waals surface area contributed by atoms with E-state index in [0.29, 0.717) is 0 Å². The van der Waals surface area contributed by atoms with Crippen LogP contribution in [0.4, 0.5) is 0 Å². The van der Waals surface area contributed by atoms with E-state index in [-0.39, 0.29) is 0 Å². The average molecular weight is 513 g/mol. The molecule has 0 fully saturated rings. The normalized spacial score (nSPS) is 11.5. The second kappa shape index (κ2) is 7.03. The molecule has 3 aromatic carbocycles. The molecule has 0 radical (unpaired) electrons. The first-order chi connectivity index (χ1) is 11.0. The Labute approximate surface area is 161 Å². The van der Waals surface area contributed by atoms with Gasteiger partial charge in [0.05, 0.1) is 0 Å². The lowest BCUT2D eigenvalue weighted by molar-refractivity contribution is 0.583. The lowest BCUT2D eigenvalue weighted by Gasteiger charge is -2.27. The highest BCUT2D eigenvalue weighted by Gasteiger charge is 2.38. The van der Waals surface area contributed by atoms with E-state index < -0.39 is 8.32 Å². The van der Waals surface area contributed by atoms with E-state index in [9.17, 15) is 4.80 Å². The van der Waals surface area contributed by atoms with Crippen LogP contribution in [0.15, 0.2) is 86.2 Å². The van der Waals surface area contributed by atoms with Gasteiger partial charge in [0.25, 0.3) is 8.32 Å². The monoisotopic (exact) mass is 510 g/mol. The van der Waals surface area contributed by atoms with Gasteiger partial charge in [-0.1, -0.05) is 84.2 Å². The average Bonchev–Trinajstić information content (AvgIpc) is 2.56. The maximum atomic E-state index is 11.8. The molecule has 0 spiro atoms. The van der Waals surface area contributed by atoms with Crippen LogP contribution < -0.4 is 15.6 Å². The van der Waals surface area contributed by atoms with Crippen molar-refractivity contribution in [3.05, 3.63) is 86.2 Å². The quantitative estimate of drug-likeness (QED) is 0.416. The van der Waals surface area contributed by atoms with Gasteiger partial charge < -0.3 is 4.80 Å². The maximum absolute atomic E-state index is 11.8. The van der Waals surface area contributed by atoms with Crippen LogP contribution in [0, 0.1) is 0 Å². The zero-order chi connectivity index (χ0) is 16.4. The van der Waals surface area contributed by atoms with Crippen molar-refractivity contribution in [1.82, 2.24) is 0 Å². The summed E-state index contributed by atoms with van der Waals surface area (Å²) < 4.78 is 3.01. The Morgan fingerprint density at radius 3 is 0.913 bits per heavy atom. The summed E-state index contributed by atoms with van der Waals surface area (Å²) in [5.41, 5.74) is 0. The highest BCUT2D eigenvalue weighted by molar-refractivity contribution is 9.11. The van der Waals surface area contributed by atoms with E-state index in [1.165, 1.54) is 0 Å². The van der Waals surface area contributed by atoms with Crippen LogP contribution >= 0.6 is 47.8 Å². The Hall–Kier alpha value is -0.723. The standard InChI is InChI=1S/C18H13Br3OSi/c19-13-1-7-16(8-2-13)23(22,17-9-3-14(20)4-10-17)18-11-5-15(21)6-12-18/h1-12,22H. The Balaban J connectivity index is 2.21. The topological polar surface area (TPSA) is 20.2 Å². The molecule has 0 aromatic heterocycles. The predicted molar refractivity (Wildman–Crippen MR) is 109 cm³/mol. The van der Waals surface area contributed by atoms with Crippen molar-refractivity contribution in [3.63, 3.8) is 0 Å². The van der Waals surface area contributed by atoms with Crippen molar-refractivity contribution in [2.45, 2.75) is 0 Å². The van der Waals surface area contributed by atoms with Gasteiger partial charge in [-0.15, -0.1) is 0 Å². The summed E-state index contributed by atoms with van der Waals surface area (Å²) >= 11 is 10.4. The number of rotatable bonds is 3. The molecule has 0 aliphatic rings. The van der Waals surface area contributed by atoms with Crippen molar-refractivity contribution in [2.24, 2.45) is 0 Å². The molecule has 0 aliphatic heterocycles. The third kappa shape index (κ3) is 3.54. The van der Waals surface area contributed by atoms with E-state index in [2.05, 4.69) is 47.8 Å².